The predicted octanol–water partition coefficient (Wildman–Crippen LogP) is 3.50. The maximum atomic E-state index is 12.9. The molecule has 0 aliphatic carbocycles. The number of benzene rings is 1. The average molecular weight is 310 g/mol. The number of halogens is 7. The first-order valence-electron chi connectivity index (χ1n) is 4.32. The Balaban J connectivity index is 3.56. The molecule has 1 atom stereocenters. The van der Waals surface area contributed by atoms with Crippen molar-refractivity contribution < 1.29 is 27.1 Å². The van der Waals surface area contributed by atoms with Crippen LogP contribution in [0, 0.1) is 0 Å². The summed E-state index contributed by atoms with van der Waals surface area (Å²) in [7, 11) is 0. The lowest BCUT2D eigenvalue weighted by Gasteiger charge is -2.34. The fraction of sp³-hybridized carbons (Fsp3) is 0.333. The van der Waals surface area contributed by atoms with Gasteiger partial charge < -0.3 is 10.8 Å². The van der Waals surface area contributed by atoms with Gasteiger partial charge in [-0.1, -0.05) is 17.7 Å². The fourth-order valence-electron chi connectivity index (χ4n) is 1.29. The Kier molecular flexibility index (Phi) is 3.73. The quantitative estimate of drug-likeness (QED) is 0.499. The lowest BCUT2D eigenvalue weighted by atomic mass is 9.93. The summed E-state index contributed by atoms with van der Waals surface area (Å²) in [5.74, 6) is 0. The molecule has 0 aliphatic rings. The van der Waals surface area contributed by atoms with E-state index >= 15 is 0 Å². The minimum Gasteiger partial charge on any atom is -0.399 e. The summed E-state index contributed by atoms with van der Waals surface area (Å²) in [4.78, 5) is 0. The summed E-state index contributed by atoms with van der Waals surface area (Å²) in [5.41, 5.74) is -0.706. The van der Waals surface area contributed by atoms with Crippen LogP contribution in [-0.4, -0.2) is 16.7 Å². The molecule has 1 aromatic rings. The fourth-order valence-corrected chi connectivity index (χ4v) is 1.83. The Bertz CT molecular complexity index is 443. The zero-order valence-corrected chi connectivity index (χ0v) is 9.91. The van der Waals surface area contributed by atoms with Crippen LogP contribution >= 0.6 is 23.2 Å². The third-order valence-corrected chi connectivity index (χ3v) is 2.79. The second-order valence-corrected chi connectivity index (χ2v) is 4.33. The van der Waals surface area contributed by atoms with Gasteiger partial charge in [-0.05, 0) is 23.7 Å². The van der Waals surface area contributed by atoms with Crippen molar-refractivity contribution in [3.63, 3.8) is 0 Å². The van der Waals surface area contributed by atoms with Crippen LogP contribution in [0.1, 0.15) is 5.56 Å². The van der Waals surface area contributed by atoms with Crippen molar-refractivity contribution in [2.24, 2.45) is 0 Å². The van der Waals surface area contributed by atoms with Crippen LogP contribution in [0.4, 0.5) is 27.6 Å². The summed E-state index contributed by atoms with van der Waals surface area (Å²) in [6, 6.07) is 2.23. The van der Waals surface area contributed by atoms with Crippen LogP contribution in [-0.2, 0) is 5.60 Å². The number of nitrogen functional groups attached to an aromatic ring is 1. The van der Waals surface area contributed by atoms with E-state index < -0.39 is 27.7 Å². The van der Waals surface area contributed by atoms with E-state index in [9.17, 15) is 27.1 Å². The Morgan fingerprint density at radius 1 is 1.11 bits per heavy atom. The molecule has 9 heteroatoms. The molecule has 1 rings (SSSR count). The van der Waals surface area contributed by atoms with E-state index in [1.807, 2.05) is 0 Å². The van der Waals surface area contributed by atoms with Crippen molar-refractivity contribution in [3.05, 3.63) is 28.8 Å². The molecule has 0 fully saturated rings. The Labute approximate surface area is 108 Å². The number of hydrogen-bond donors (Lipinski definition) is 2. The van der Waals surface area contributed by atoms with Crippen molar-refractivity contribution in [2.75, 3.05) is 5.73 Å². The van der Waals surface area contributed by atoms with Crippen molar-refractivity contribution in [2.45, 2.75) is 17.2 Å². The van der Waals surface area contributed by atoms with Crippen LogP contribution in [0.15, 0.2) is 18.2 Å². The predicted molar refractivity (Wildman–Crippen MR) is 56.6 cm³/mol. The van der Waals surface area contributed by atoms with E-state index in [4.69, 9.17) is 17.3 Å². The highest BCUT2D eigenvalue weighted by molar-refractivity contribution is 6.32. The standard InChI is InChI=1S/C9H6Cl2F5NO/c10-6-3-4(17)1-2-5(6)7(18,8(11,12)13)9(14,15)16/h1-3,18H,17H2. The lowest BCUT2D eigenvalue weighted by Crippen LogP contribution is -2.53. The summed E-state index contributed by atoms with van der Waals surface area (Å²) >= 11 is 9.77. The zero-order valence-electron chi connectivity index (χ0n) is 8.40. The van der Waals surface area contributed by atoms with Crippen LogP contribution < -0.4 is 5.73 Å². The number of alkyl halides is 6. The second kappa shape index (κ2) is 4.40. The Morgan fingerprint density at radius 3 is 1.94 bits per heavy atom. The Hall–Kier alpha value is -0.790. The van der Waals surface area contributed by atoms with Gasteiger partial charge in [-0.15, -0.1) is 0 Å². The van der Waals surface area contributed by atoms with Gasteiger partial charge in [0.1, 0.15) is 0 Å². The largest absolute Gasteiger partial charge is 0.428 e. The van der Waals surface area contributed by atoms with Crippen molar-refractivity contribution in [1.82, 2.24) is 0 Å². The molecule has 1 unspecified atom stereocenters. The van der Waals surface area contributed by atoms with Crippen LogP contribution in [0.2, 0.25) is 5.02 Å². The highest BCUT2D eigenvalue weighted by atomic mass is 35.5. The van der Waals surface area contributed by atoms with Gasteiger partial charge in [0.25, 0.3) is 5.60 Å². The van der Waals surface area contributed by atoms with Gasteiger partial charge in [0, 0.05) is 16.3 Å². The van der Waals surface area contributed by atoms with Gasteiger partial charge in [0.05, 0.1) is 0 Å². The number of nitrogens with two attached hydrogens (primary N) is 1. The minimum atomic E-state index is -5.72. The van der Waals surface area contributed by atoms with Gasteiger partial charge >= 0.3 is 11.6 Å². The van der Waals surface area contributed by atoms with Crippen molar-refractivity contribution >= 4 is 28.9 Å². The zero-order chi connectivity index (χ0) is 14.4. The molecule has 0 heterocycles. The molecule has 102 valence electrons. The van der Waals surface area contributed by atoms with Crippen molar-refractivity contribution in [1.29, 1.82) is 0 Å². The van der Waals surface area contributed by atoms with E-state index in [2.05, 4.69) is 11.6 Å². The highest BCUT2D eigenvalue weighted by Crippen LogP contribution is 2.52. The first kappa shape index (κ1) is 15.3. The topological polar surface area (TPSA) is 46.2 Å². The minimum absolute atomic E-state index is 0.0498. The van der Waals surface area contributed by atoms with Crippen LogP contribution in [0.5, 0.6) is 0 Å². The summed E-state index contributed by atoms with van der Waals surface area (Å²) in [5, 5.41) is 3.53. The smallest absolute Gasteiger partial charge is 0.399 e. The Morgan fingerprint density at radius 2 is 1.61 bits per heavy atom. The van der Waals surface area contributed by atoms with Gasteiger partial charge in [-0.2, -0.15) is 22.0 Å². The molecule has 2 nitrogen and oxygen atoms in total. The molecule has 0 saturated heterocycles. The molecule has 0 bridgehead atoms. The third-order valence-electron chi connectivity index (χ3n) is 2.20. The number of anilines is 1. The molecule has 0 spiro atoms. The van der Waals surface area contributed by atoms with E-state index in [1.165, 1.54) is 0 Å². The number of hydrogen-bond acceptors (Lipinski definition) is 2. The first-order valence-corrected chi connectivity index (χ1v) is 5.08. The van der Waals surface area contributed by atoms with E-state index in [-0.39, 0.29) is 5.69 Å². The van der Waals surface area contributed by atoms with Crippen molar-refractivity contribution in [3.8, 4) is 0 Å². The maximum Gasteiger partial charge on any atom is 0.428 e. The first-order chi connectivity index (χ1) is 7.91. The van der Waals surface area contributed by atoms with Gasteiger partial charge in [-0.3, -0.25) is 0 Å². The summed E-state index contributed by atoms with van der Waals surface area (Å²) in [6.07, 6.45) is -5.72. The van der Waals surface area contributed by atoms with Gasteiger partial charge in [0.2, 0.25) is 0 Å². The molecular formula is C9H6Cl2F5NO. The molecule has 0 aromatic heterocycles. The molecule has 0 aliphatic heterocycles. The SMILES string of the molecule is Nc1ccc(C(O)(C(F)(F)F)C(F)(F)Cl)c(Cl)c1. The molecule has 0 saturated carbocycles. The second-order valence-electron chi connectivity index (χ2n) is 3.45. The normalized spacial score (nSPS) is 16.4. The molecule has 3 N–H and O–H groups in total. The third kappa shape index (κ3) is 2.34. The summed E-state index contributed by atoms with van der Waals surface area (Å²) < 4.78 is 63.9. The van der Waals surface area contributed by atoms with Gasteiger partial charge in [0.15, 0.2) is 0 Å². The number of rotatable bonds is 2. The molecule has 0 amide bonds. The van der Waals surface area contributed by atoms with E-state index in [0.717, 1.165) is 12.1 Å². The molecule has 1 aromatic carbocycles. The molecule has 0 radical (unpaired) electrons. The summed E-state index contributed by atoms with van der Waals surface area (Å²) in [6.45, 7) is 0. The number of aliphatic hydroxyl groups is 1. The average Bonchev–Trinajstić information content (AvgIpc) is 2.12. The lowest BCUT2D eigenvalue weighted by molar-refractivity contribution is -0.317. The van der Waals surface area contributed by atoms with Gasteiger partial charge in [-0.25, -0.2) is 0 Å². The van der Waals surface area contributed by atoms with Crippen LogP contribution in [0.25, 0.3) is 0 Å². The molecular weight excluding hydrogens is 304 g/mol. The maximum absolute atomic E-state index is 12.9. The van der Waals surface area contributed by atoms with Crippen LogP contribution in [0.3, 0.4) is 0 Å². The molecule has 18 heavy (non-hydrogen) atoms. The van der Waals surface area contributed by atoms with E-state index in [1.54, 1.807) is 0 Å². The monoisotopic (exact) mass is 309 g/mol. The van der Waals surface area contributed by atoms with E-state index in [0.29, 0.717) is 6.07 Å². The highest BCUT2D eigenvalue weighted by Gasteiger charge is 2.70.